The van der Waals surface area contributed by atoms with Gasteiger partial charge in [0, 0.05) is 25.1 Å². The van der Waals surface area contributed by atoms with E-state index in [0.717, 1.165) is 0 Å². The molecule has 3 aliphatic rings. The summed E-state index contributed by atoms with van der Waals surface area (Å²) in [6, 6.07) is 6.27. The molecule has 1 aromatic carbocycles. The first-order valence-corrected chi connectivity index (χ1v) is 9.49. The lowest BCUT2D eigenvalue weighted by molar-refractivity contribution is -0.153. The summed E-state index contributed by atoms with van der Waals surface area (Å²) in [4.78, 5) is 52.6. The first-order chi connectivity index (χ1) is 13.5. The van der Waals surface area contributed by atoms with Crippen molar-refractivity contribution in [1.29, 1.82) is 0 Å². The van der Waals surface area contributed by atoms with E-state index in [0.29, 0.717) is 43.5 Å². The first kappa shape index (κ1) is 18.5. The Morgan fingerprint density at radius 3 is 2.54 bits per heavy atom. The number of rotatable bonds is 3. The Morgan fingerprint density at radius 1 is 1.11 bits per heavy atom. The van der Waals surface area contributed by atoms with Gasteiger partial charge in [-0.3, -0.25) is 19.3 Å². The number of esters is 2. The van der Waals surface area contributed by atoms with Crippen molar-refractivity contribution in [2.24, 2.45) is 5.92 Å². The molecule has 28 heavy (non-hydrogen) atoms. The van der Waals surface area contributed by atoms with E-state index in [1.165, 1.54) is 12.0 Å². The maximum atomic E-state index is 13.1. The number of carbonyl (C=O) groups is 4. The molecular formula is C20H22N2O6. The molecule has 8 heteroatoms. The zero-order valence-electron chi connectivity index (χ0n) is 15.6. The molecular weight excluding hydrogens is 364 g/mol. The number of likely N-dealkylation sites (tertiary alicyclic amines) is 2. The largest absolute Gasteiger partial charge is 0.469 e. The van der Waals surface area contributed by atoms with Crippen LogP contribution in [0.3, 0.4) is 0 Å². The van der Waals surface area contributed by atoms with E-state index in [9.17, 15) is 19.2 Å². The molecule has 3 aliphatic heterocycles. The minimum Gasteiger partial charge on any atom is -0.469 e. The van der Waals surface area contributed by atoms with Gasteiger partial charge in [-0.1, -0.05) is 18.2 Å². The number of nitrogens with zero attached hydrogens (tertiary/aromatic N) is 2. The van der Waals surface area contributed by atoms with Gasteiger partial charge in [0.2, 0.25) is 18.0 Å². The van der Waals surface area contributed by atoms with Crippen LogP contribution >= 0.6 is 0 Å². The third-order valence-corrected chi connectivity index (χ3v) is 5.80. The van der Waals surface area contributed by atoms with Crippen LogP contribution in [0.15, 0.2) is 24.3 Å². The molecule has 1 aromatic rings. The Morgan fingerprint density at radius 2 is 1.82 bits per heavy atom. The molecule has 0 bridgehead atoms. The topological polar surface area (TPSA) is 93.2 Å². The van der Waals surface area contributed by atoms with Crippen LogP contribution in [0.1, 0.15) is 47.8 Å². The van der Waals surface area contributed by atoms with E-state index in [1.54, 1.807) is 29.2 Å². The summed E-state index contributed by atoms with van der Waals surface area (Å²) >= 11 is 0. The molecule has 0 unspecified atom stereocenters. The lowest BCUT2D eigenvalue weighted by Gasteiger charge is -2.36. The van der Waals surface area contributed by atoms with Crippen molar-refractivity contribution in [3.8, 4) is 0 Å². The molecule has 0 N–H and O–H groups in total. The van der Waals surface area contributed by atoms with Crippen LogP contribution in [-0.2, 0) is 23.9 Å². The van der Waals surface area contributed by atoms with Crippen LogP contribution in [-0.4, -0.2) is 59.8 Å². The number of methoxy groups -OCH3 is 1. The van der Waals surface area contributed by atoms with Crippen molar-refractivity contribution in [3.05, 3.63) is 35.4 Å². The van der Waals surface area contributed by atoms with Gasteiger partial charge in [-0.25, -0.2) is 4.79 Å². The van der Waals surface area contributed by atoms with E-state index >= 15 is 0 Å². The summed E-state index contributed by atoms with van der Waals surface area (Å²) in [5.74, 6) is -1.28. The number of benzene rings is 1. The van der Waals surface area contributed by atoms with Crippen molar-refractivity contribution in [3.63, 3.8) is 0 Å². The molecule has 0 spiro atoms. The van der Waals surface area contributed by atoms with Crippen LogP contribution in [0.5, 0.6) is 0 Å². The monoisotopic (exact) mass is 386 g/mol. The highest BCUT2D eigenvalue weighted by Crippen LogP contribution is 2.38. The van der Waals surface area contributed by atoms with Gasteiger partial charge >= 0.3 is 11.9 Å². The van der Waals surface area contributed by atoms with Gasteiger partial charge in [0.05, 0.1) is 18.6 Å². The minimum absolute atomic E-state index is 0.158. The summed E-state index contributed by atoms with van der Waals surface area (Å²) in [6.45, 7) is 0.885. The van der Waals surface area contributed by atoms with Crippen LogP contribution < -0.4 is 0 Å². The fourth-order valence-electron chi connectivity index (χ4n) is 4.29. The summed E-state index contributed by atoms with van der Waals surface area (Å²) in [6.07, 6.45) is 0.858. The van der Waals surface area contributed by atoms with Crippen molar-refractivity contribution in [2.75, 3.05) is 20.2 Å². The predicted molar refractivity (Wildman–Crippen MR) is 95.8 cm³/mol. The molecule has 0 saturated carbocycles. The van der Waals surface area contributed by atoms with Gasteiger partial charge in [0.1, 0.15) is 6.04 Å². The highest BCUT2D eigenvalue weighted by atomic mass is 16.6. The quantitative estimate of drug-likeness (QED) is 0.726. The number of amides is 2. The highest BCUT2D eigenvalue weighted by Gasteiger charge is 2.47. The van der Waals surface area contributed by atoms with Crippen LogP contribution in [0, 0.1) is 5.92 Å². The lowest BCUT2D eigenvalue weighted by Crippen LogP contribution is -2.50. The Bertz CT molecular complexity index is 830. The van der Waals surface area contributed by atoms with Gasteiger partial charge < -0.3 is 14.4 Å². The molecule has 2 atom stereocenters. The van der Waals surface area contributed by atoms with Gasteiger partial charge in [-0.2, -0.15) is 0 Å². The normalized spacial score (nSPS) is 24.9. The molecule has 0 aromatic heterocycles. The summed E-state index contributed by atoms with van der Waals surface area (Å²) in [5.41, 5.74) is 1.04. The molecule has 8 nitrogen and oxygen atoms in total. The third kappa shape index (κ3) is 3.02. The second-order valence-corrected chi connectivity index (χ2v) is 7.32. The molecule has 0 radical (unpaired) electrons. The second kappa shape index (κ2) is 7.26. The van der Waals surface area contributed by atoms with Crippen LogP contribution in [0.4, 0.5) is 0 Å². The maximum absolute atomic E-state index is 13.1. The lowest BCUT2D eigenvalue weighted by atomic mass is 9.96. The molecule has 3 heterocycles. The Hall–Kier alpha value is -2.90. The highest BCUT2D eigenvalue weighted by molar-refractivity contribution is 5.96. The second-order valence-electron chi connectivity index (χ2n) is 7.32. The zero-order chi connectivity index (χ0) is 19.8. The van der Waals surface area contributed by atoms with Gasteiger partial charge in [-0.15, -0.1) is 0 Å². The average Bonchev–Trinajstić information content (AvgIpc) is 3.27. The molecule has 148 valence electrons. The number of hydrogen-bond acceptors (Lipinski definition) is 6. The number of cyclic esters (lactones) is 1. The zero-order valence-corrected chi connectivity index (χ0v) is 15.6. The fourth-order valence-corrected chi connectivity index (χ4v) is 4.29. The number of fused-ring (bicyclic) bond motifs is 1. The van der Waals surface area contributed by atoms with Gasteiger partial charge in [-0.05, 0) is 25.3 Å². The van der Waals surface area contributed by atoms with Gasteiger partial charge in [0.25, 0.3) is 0 Å². The van der Waals surface area contributed by atoms with E-state index in [-0.39, 0.29) is 30.1 Å². The molecule has 2 fully saturated rings. The van der Waals surface area contributed by atoms with E-state index < -0.39 is 18.2 Å². The Kier molecular flexibility index (Phi) is 4.78. The SMILES string of the molecule is COC(=O)C1CCN(C(=O)[C@H]2CCC(=O)N2[C@@H]2OC(=O)c3ccccc32)CC1. The molecule has 0 aliphatic carbocycles. The summed E-state index contributed by atoms with van der Waals surface area (Å²) in [7, 11) is 1.36. The Balaban J connectivity index is 1.51. The van der Waals surface area contributed by atoms with Crippen molar-refractivity contribution in [2.45, 2.75) is 38.0 Å². The van der Waals surface area contributed by atoms with Crippen LogP contribution in [0.2, 0.25) is 0 Å². The van der Waals surface area contributed by atoms with Crippen molar-refractivity contribution < 1.29 is 28.7 Å². The molecule has 2 amide bonds. The average molecular weight is 386 g/mol. The summed E-state index contributed by atoms with van der Waals surface area (Å²) < 4.78 is 10.2. The fraction of sp³-hybridized carbons (Fsp3) is 0.500. The number of carbonyl (C=O) groups excluding carboxylic acids is 4. The van der Waals surface area contributed by atoms with E-state index in [4.69, 9.17) is 9.47 Å². The van der Waals surface area contributed by atoms with E-state index in [1.807, 2.05) is 0 Å². The predicted octanol–water partition coefficient (Wildman–Crippen LogP) is 1.26. The van der Waals surface area contributed by atoms with Crippen molar-refractivity contribution >= 4 is 23.8 Å². The number of ether oxygens (including phenoxy) is 2. The van der Waals surface area contributed by atoms with E-state index in [2.05, 4.69) is 0 Å². The van der Waals surface area contributed by atoms with Crippen LogP contribution in [0.25, 0.3) is 0 Å². The number of piperidine rings is 1. The maximum Gasteiger partial charge on any atom is 0.340 e. The van der Waals surface area contributed by atoms with Gasteiger partial charge in [0.15, 0.2) is 0 Å². The first-order valence-electron chi connectivity index (χ1n) is 9.49. The van der Waals surface area contributed by atoms with Crippen molar-refractivity contribution in [1.82, 2.24) is 9.80 Å². The molecule has 4 rings (SSSR count). The smallest absolute Gasteiger partial charge is 0.340 e. The Labute approximate surface area is 162 Å². The number of hydrogen-bond donors (Lipinski definition) is 0. The standard InChI is InChI=1S/C20H22N2O6/c1-27-19(25)12-8-10-21(11-9-12)17(24)15-6-7-16(23)22(15)18-13-4-2-3-5-14(13)20(26)28-18/h2-5,12,15,18H,6-11H2,1H3/t15-,18-/m1/s1. The minimum atomic E-state index is -0.861. The molecule has 2 saturated heterocycles. The summed E-state index contributed by atoms with van der Waals surface area (Å²) in [5, 5.41) is 0. The third-order valence-electron chi connectivity index (χ3n) is 5.80.